The lowest BCUT2D eigenvalue weighted by atomic mass is 9.99. The van der Waals surface area contributed by atoms with Gasteiger partial charge >= 0.3 is 0 Å². The van der Waals surface area contributed by atoms with Crippen molar-refractivity contribution in [2.45, 2.75) is 37.6 Å². The maximum absolute atomic E-state index is 12.4. The number of carbonyl (C=O) groups is 1. The van der Waals surface area contributed by atoms with Crippen LogP contribution in [0.1, 0.15) is 26.7 Å². The van der Waals surface area contributed by atoms with Crippen LogP contribution in [0.25, 0.3) is 0 Å². The lowest BCUT2D eigenvalue weighted by Gasteiger charge is -2.44. The summed E-state index contributed by atoms with van der Waals surface area (Å²) in [4.78, 5) is 16.9. The first kappa shape index (κ1) is 14.2. The van der Waals surface area contributed by atoms with Crippen LogP contribution in [-0.4, -0.2) is 59.1 Å². The first-order valence-corrected chi connectivity index (χ1v) is 7.84. The van der Waals surface area contributed by atoms with Crippen LogP contribution >= 0.6 is 11.8 Å². The van der Waals surface area contributed by atoms with Gasteiger partial charge in [0.15, 0.2) is 0 Å². The van der Waals surface area contributed by atoms with E-state index in [-0.39, 0.29) is 22.7 Å². The predicted octanol–water partition coefficient (Wildman–Crippen LogP) is 0.967. The Balaban J connectivity index is 2.05. The second kappa shape index (κ2) is 5.39. The van der Waals surface area contributed by atoms with Gasteiger partial charge in [-0.3, -0.25) is 9.69 Å². The Labute approximate surface area is 114 Å². The standard InChI is InChI=1S/C13H25N3OS/c1-10(2)11(14)12(17)16-6-4-5-13(9-16)15(3)7-8-18-13/h10-11H,4-9,14H2,1-3H3. The molecule has 0 aromatic rings. The summed E-state index contributed by atoms with van der Waals surface area (Å²) in [5.74, 6) is 1.52. The second-order valence-corrected chi connectivity index (χ2v) is 7.31. The molecule has 0 aromatic heterocycles. The Kier molecular flexibility index (Phi) is 4.24. The highest BCUT2D eigenvalue weighted by Gasteiger charge is 2.44. The quantitative estimate of drug-likeness (QED) is 0.813. The number of nitrogens with two attached hydrogens (primary N) is 1. The van der Waals surface area contributed by atoms with Crippen LogP contribution in [0.15, 0.2) is 0 Å². The third kappa shape index (κ3) is 2.53. The first-order valence-electron chi connectivity index (χ1n) is 6.86. The third-order valence-corrected chi connectivity index (χ3v) is 5.81. The van der Waals surface area contributed by atoms with E-state index in [0.29, 0.717) is 0 Å². The molecule has 18 heavy (non-hydrogen) atoms. The molecule has 1 spiro atoms. The minimum absolute atomic E-state index is 0.130. The van der Waals surface area contributed by atoms with Crippen molar-refractivity contribution in [1.82, 2.24) is 9.80 Å². The van der Waals surface area contributed by atoms with Crippen LogP contribution in [0.2, 0.25) is 0 Å². The molecule has 0 saturated carbocycles. The minimum Gasteiger partial charge on any atom is -0.339 e. The number of hydrogen-bond acceptors (Lipinski definition) is 4. The number of nitrogens with zero attached hydrogens (tertiary/aromatic N) is 2. The molecule has 2 atom stereocenters. The maximum atomic E-state index is 12.4. The summed E-state index contributed by atoms with van der Waals surface area (Å²) in [6, 6.07) is -0.350. The topological polar surface area (TPSA) is 49.6 Å². The van der Waals surface area contributed by atoms with Crippen molar-refractivity contribution in [3.8, 4) is 0 Å². The first-order chi connectivity index (χ1) is 8.46. The van der Waals surface area contributed by atoms with Crippen LogP contribution in [0.3, 0.4) is 0 Å². The number of carbonyl (C=O) groups excluding carboxylic acids is 1. The number of likely N-dealkylation sites (N-methyl/N-ethyl adjacent to an activating group) is 1. The molecule has 0 aliphatic carbocycles. The zero-order valence-corrected chi connectivity index (χ0v) is 12.5. The van der Waals surface area contributed by atoms with Crippen molar-refractivity contribution in [2.75, 3.05) is 32.4 Å². The van der Waals surface area contributed by atoms with E-state index in [9.17, 15) is 4.79 Å². The van der Waals surface area contributed by atoms with E-state index < -0.39 is 0 Å². The Morgan fingerprint density at radius 3 is 2.67 bits per heavy atom. The summed E-state index contributed by atoms with van der Waals surface area (Å²) in [7, 11) is 2.18. The van der Waals surface area contributed by atoms with Gasteiger partial charge in [-0.1, -0.05) is 13.8 Å². The van der Waals surface area contributed by atoms with Gasteiger partial charge < -0.3 is 10.6 Å². The van der Waals surface area contributed by atoms with Gasteiger partial charge in [0.2, 0.25) is 5.91 Å². The van der Waals surface area contributed by atoms with E-state index in [1.807, 2.05) is 30.5 Å². The average molecular weight is 271 g/mol. The van der Waals surface area contributed by atoms with Gasteiger partial charge in [0.05, 0.1) is 10.9 Å². The van der Waals surface area contributed by atoms with Gasteiger partial charge in [0.1, 0.15) is 0 Å². The van der Waals surface area contributed by atoms with Crippen LogP contribution in [-0.2, 0) is 4.79 Å². The molecule has 0 aromatic carbocycles. The normalized spacial score (nSPS) is 31.3. The zero-order chi connectivity index (χ0) is 13.3. The van der Waals surface area contributed by atoms with E-state index >= 15 is 0 Å². The smallest absolute Gasteiger partial charge is 0.239 e. The molecule has 2 unspecified atom stereocenters. The Hall–Kier alpha value is -0.260. The maximum Gasteiger partial charge on any atom is 0.239 e. The lowest BCUT2D eigenvalue weighted by molar-refractivity contribution is -0.136. The zero-order valence-electron chi connectivity index (χ0n) is 11.7. The Bertz CT molecular complexity index is 323. The molecule has 2 heterocycles. The van der Waals surface area contributed by atoms with Crippen molar-refractivity contribution in [2.24, 2.45) is 11.7 Å². The summed E-state index contributed by atoms with van der Waals surface area (Å²) in [5.41, 5.74) is 6.00. The van der Waals surface area contributed by atoms with Gasteiger partial charge in [-0.25, -0.2) is 0 Å². The van der Waals surface area contributed by atoms with Crippen molar-refractivity contribution >= 4 is 17.7 Å². The van der Waals surface area contributed by atoms with Crippen LogP contribution in [0.5, 0.6) is 0 Å². The Morgan fingerprint density at radius 2 is 2.11 bits per heavy atom. The van der Waals surface area contributed by atoms with Crippen molar-refractivity contribution in [3.05, 3.63) is 0 Å². The van der Waals surface area contributed by atoms with Crippen molar-refractivity contribution < 1.29 is 4.79 Å². The Morgan fingerprint density at radius 1 is 1.39 bits per heavy atom. The number of hydrogen-bond donors (Lipinski definition) is 1. The molecule has 0 radical (unpaired) electrons. The highest BCUT2D eigenvalue weighted by Crippen LogP contribution is 2.41. The van der Waals surface area contributed by atoms with E-state index in [1.165, 1.54) is 12.2 Å². The number of thioether (sulfide) groups is 1. The van der Waals surface area contributed by atoms with Crippen molar-refractivity contribution in [3.63, 3.8) is 0 Å². The van der Waals surface area contributed by atoms with Crippen LogP contribution < -0.4 is 5.73 Å². The largest absolute Gasteiger partial charge is 0.339 e. The summed E-state index contributed by atoms with van der Waals surface area (Å²) in [6.45, 7) is 6.86. The molecular weight excluding hydrogens is 246 g/mol. The monoisotopic (exact) mass is 271 g/mol. The number of rotatable bonds is 2. The summed E-state index contributed by atoms with van der Waals surface area (Å²) < 4.78 is 0. The summed E-state index contributed by atoms with van der Waals surface area (Å²) in [5, 5.41) is 0. The SMILES string of the molecule is CC(C)C(N)C(=O)N1CCCC2(C1)SCCN2C. The van der Waals surface area contributed by atoms with E-state index in [1.54, 1.807) is 0 Å². The van der Waals surface area contributed by atoms with Gasteiger partial charge in [-0.05, 0) is 25.8 Å². The molecule has 1 amide bonds. The lowest BCUT2D eigenvalue weighted by Crippen LogP contribution is -2.57. The molecule has 0 bridgehead atoms. The van der Waals surface area contributed by atoms with Crippen LogP contribution in [0.4, 0.5) is 0 Å². The van der Waals surface area contributed by atoms with Crippen LogP contribution in [0, 0.1) is 5.92 Å². The fourth-order valence-corrected chi connectivity index (χ4v) is 4.40. The van der Waals surface area contributed by atoms with Crippen molar-refractivity contribution in [1.29, 1.82) is 0 Å². The fraction of sp³-hybridized carbons (Fsp3) is 0.923. The average Bonchev–Trinajstić information content (AvgIpc) is 2.69. The molecular formula is C13H25N3OS. The van der Waals surface area contributed by atoms with Gasteiger partial charge in [-0.15, -0.1) is 11.8 Å². The highest BCUT2D eigenvalue weighted by molar-refractivity contribution is 8.00. The number of piperidine rings is 1. The van der Waals surface area contributed by atoms with Gasteiger partial charge in [0.25, 0.3) is 0 Å². The molecule has 2 saturated heterocycles. The summed E-state index contributed by atoms with van der Waals surface area (Å²) >= 11 is 2.01. The summed E-state index contributed by atoms with van der Waals surface area (Å²) in [6.07, 6.45) is 2.28. The minimum atomic E-state index is -0.350. The number of amides is 1. The third-order valence-electron chi connectivity index (χ3n) is 4.24. The van der Waals surface area contributed by atoms with E-state index in [0.717, 1.165) is 26.1 Å². The molecule has 104 valence electrons. The van der Waals surface area contributed by atoms with Gasteiger partial charge in [0, 0.05) is 25.4 Å². The second-order valence-electron chi connectivity index (χ2n) is 5.85. The molecule has 2 fully saturated rings. The van der Waals surface area contributed by atoms with Gasteiger partial charge in [-0.2, -0.15) is 0 Å². The molecule has 4 nitrogen and oxygen atoms in total. The highest BCUT2D eigenvalue weighted by atomic mass is 32.2. The molecule has 2 N–H and O–H groups in total. The molecule has 2 aliphatic heterocycles. The fourth-order valence-electron chi connectivity index (χ4n) is 2.80. The number of likely N-dealkylation sites (tertiary alicyclic amines) is 1. The predicted molar refractivity (Wildman–Crippen MR) is 76.4 cm³/mol. The molecule has 2 rings (SSSR count). The van der Waals surface area contributed by atoms with E-state index in [2.05, 4.69) is 11.9 Å². The van der Waals surface area contributed by atoms with E-state index in [4.69, 9.17) is 5.73 Å². The molecule has 5 heteroatoms. The molecule has 2 aliphatic rings.